The lowest BCUT2D eigenvalue weighted by Crippen LogP contribution is -2.12. The van der Waals surface area contributed by atoms with Crippen LogP contribution in [-0.4, -0.2) is 21.1 Å². The van der Waals surface area contributed by atoms with Crippen molar-refractivity contribution in [3.8, 4) is 0 Å². The summed E-state index contributed by atoms with van der Waals surface area (Å²) >= 11 is 0. The molecule has 0 unspecified atom stereocenters. The van der Waals surface area contributed by atoms with Crippen molar-refractivity contribution >= 4 is 22.7 Å². The molecule has 0 bridgehead atoms. The van der Waals surface area contributed by atoms with Crippen LogP contribution in [0.3, 0.4) is 0 Å². The lowest BCUT2D eigenvalue weighted by atomic mass is 10.2. The normalized spacial score (nSPS) is 14.5. The Morgan fingerprint density at radius 1 is 1.33 bits per heavy atom. The van der Waals surface area contributed by atoms with E-state index in [1.165, 1.54) is 0 Å². The third-order valence-corrected chi connectivity index (χ3v) is 3.52. The maximum atomic E-state index is 12.1. The zero-order valence-electron chi connectivity index (χ0n) is 11.0. The first-order valence-corrected chi connectivity index (χ1v) is 6.68. The quantitative estimate of drug-likeness (QED) is 0.684. The van der Waals surface area contributed by atoms with Gasteiger partial charge in [-0.3, -0.25) is 14.9 Å². The Labute approximate surface area is 118 Å². The number of amides is 1. The molecule has 7 nitrogen and oxygen atoms in total. The Kier molecular flexibility index (Phi) is 2.47. The second-order valence-corrected chi connectivity index (χ2v) is 5.16. The maximum Gasteiger partial charge on any atom is 0.417 e. The van der Waals surface area contributed by atoms with E-state index in [4.69, 9.17) is 4.42 Å². The van der Waals surface area contributed by atoms with Crippen LogP contribution in [0.4, 0.5) is 5.69 Å². The van der Waals surface area contributed by atoms with Gasteiger partial charge in [-0.1, -0.05) is 0 Å². The number of hydrogen-bond donors (Lipinski definition) is 3. The number of aromatic amines is 2. The van der Waals surface area contributed by atoms with Crippen molar-refractivity contribution in [2.45, 2.75) is 18.8 Å². The zero-order valence-corrected chi connectivity index (χ0v) is 11.0. The second-order valence-electron chi connectivity index (χ2n) is 5.16. The molecule has 2 heterocycles. The van der Waals surface area contributed by atoms with E-state index in [0.29, 0.717) is 28.4 Å². The summed E-state index contributed by atoms with van der Waals surface area (Å²) in [7, 11) is 0. The number of nitrogens with zero attached hydrogens (tertiary/aromatic N) is 1. The average molecular weight is 284 g/mol. The molecule has 106 valence electrons. The highest BCUT2D eigenvalue weighted by Crippen LogP contribution is 2.39. The van der Waals surface area contributed by atoms with Gasteiger partial charge in [-0.15, -0.1) is 0 Å². The average Bonchev–Trinajstić information content (AvgIpc) is 3.06. The van der Waals surface area contributed by atoms with Gasteiger partial charge < -0.3 is 9.73 Å². The van der Waals surface area contributed by atoms with Crippen LogP contribution >= 0.6 is 0 Å². The summed E-state index contributed by atoms with van der Waals surface area (Å²) in [5.41, 5.74) is 2.93. The van der Waals surface area contributed by atoms with E-state index in [1.807, 2.05) is 0 Å². The molecule has 1 aliphatic carbocycles. The predicted molar refractivity (Wildman–Crippen MR) is 75.4 cm³/mol. The highest BCUT2D eigenvalue weighted by molar-refractivity contribution is 6.03. The number of carbonyl (C=O) groups excluding carboxylic acids is 1. The van der Waals surface area contributed by atoms with Gasteiger partial charge in [-0.05, 0) is 37.1 Å². The molecule has 1 aromatic carbocycles. The molecule has 1 amide bonds. The van der Waals surface area contributed by atoms with E-state index in [9.17, 15) is 9.59 Å². The molecule has 0 saturated heterocycles. The summed E-state index contributed by atoms with van der Waals surface area (Å²) in [5, 5.41) is 9.67. The van der Waals surface area contributed by atoms with E-state index in [-0.39, 0.29) is 5.91 Å². The number of aromatic nitrogens is 3. The lowest BCUT2D eigenvalue weighted by molar-refractivity contribution is 0.102. The molecule has 1 saturated carbocycles. The van der Waals surface area contributed by atoms with E-state index in [0.717, 1.165) is 18.5 Å². The number of oxazole rings is 1. The van der Waals surface area contributed by atoms with Crippen molar-refractivity contribution in [3.05, 3.63) is 46.2 Å². The molecule has 3 aromatic rings. The van der Waals surface area contributed by atoms with Crippen LogP contribution < -0.4 is 11.1 Å². The van der Waals surface area contributed by atoms with Crippen LogP contribution in [0.5, 0.6) is 0 Å². The summed E-state index contributed by atoms with van der Waals surface area (Å²) in [4.78, 5) is 25.8. The molecular formula is C14H12N4O3. The topological polar surface area (TPSA) is 104 Å². The number of hydrogen-bond acceptors (Lipinski definition) is 4. The molecule has 0 spiro atoms. The fraction of sp³-hybridized carbons (Fsp3) is 0.214. The molecule has 1 fully saturated rings. The molecule has 21 heavy (non-hydrogen) atoms. The zero-order chi connectivity index (χ0) is 14.4. The smallest absolute Gasteiger partial charge is 0.408 e. The van der Waals surface area contributed by atoms with Crippen LogP contribution in [-0.2, 0) is 0 Å². The van der Waals surface area contributed by atoms with Gasteiger partial charge in [0, 0.05) is 17.3 Å². The Morgan fingerprint density at radius 3 is 3.00 bits per heavy atom. The van der Waals surface area contributed by atoms with Gasteiger partial charge >= 0.3 is 5.76 Å². The first kappa shape index (κ1) is 12.0. The molecule has 4 rings (SSSR count). The van der Waals surface area contributed by atoms with Crippen LogP contribution in [0.1, 0.15) is 34.9 Å². The van der Waals surface area contributed by atoms with E-state index in [1.54, 1.807) is 24.3 Å². The van der Waals surface area contributed by atoms with Crippen molar-refractivity contribution in [3.63, 3.8) is 0 Å². The van der Waals surface area contributed by atoms with Crippen LogP contribution in [0.2, 0.25) is 0 Å². The monoisotopic (exact) mass is 284 g/mol. The number of rotatable bonds is 3. The molecule has 0 radical (unpaired) electrons. The standard InChI is InChI=1S/C14H12N4O3/c19-13(11-6-9(17-18-11)7-1-2-7)15-8-3-4-12-10(5-8)16-14(20)21-12/h3-7H,1-2H2,(H,15,19)(H,16,20)(H,17,18). The van der Waals surface area contributed by atoms with Crippen LogP contribution in [0.15, 0.2) is 33.5 Å². The number of fused-ring (bicyclic) bond motifs is 1. The summed E-state index contributed by atoms with van der Waals surface area (Å²) in [5.74, 6) is -0.287. The molecule has 1 aliphatic rings. The third-order valence-electron chi connectivity index (χ3n) is 3.52. The fourth-order valence-electron chi connectivity index (χ4n) is 2.28. The Hall–Kier alpha value is -2.83. The van der Waals surface area contributed by atoms with Crippen molar-refractivity contribution < 1.29 is 9.21 Å². The minimum absolute atomic E-state index is 0.289. The van der Waals surface area contributed by atoms with Crippen molar-refractivity contribution in [1.29, 1.82) is 0 Å². The number of anilines is 1. The lowest BCUT2D eigenvalue weighted by Gasteiger charge is -2.02. The van der Waals surface area contributed by atoms with E-state index < -0.39 is 5.76 Å². The molecular weight excluding hydrogens is 272 g/mol. The SMILES string of the molecule is O=C(Nc1ccc2oc(=O)[nH]c2c1)c1cc(C2CC2)[nH]n1. The van der Waals surface area contributed by atoms with Crippen LogP contribution in [0.25, 0.3) is 11.1 Å². The Balaban J connectivity index is 1.57. The maximum absolute atomic E-state index is 12.1. The molecule has 0 atom stereocenters. The van der Waals surface area contributed by atoms with Crippen LogP contribution in [0, 0.1) is 0 Å². The highest BCUT2D eigenvalue weighted by Gasteiger charge is 2.26. The molecule has 0 aliphatic heterocycles. The highest BCUT2D eigenvalue weighted by atomic mass is 16.4. The second kappa shape index (κ2) is 4.34. The Bertz CT molecular complexity index is 885. The first-order chi connectivity index (χ1) is 10.2. The number of carbonyl (C=O) groups is 1. The molecule has 3 N–H and O–H groups in total. The van der Waals surface area contributed by atoms with E-state index in [2.05, 4.69) is 20.5 Å². The predicted octanol–water partition coefficient (Wildman–Crippen LogP) is 1.97. The van der Waals surface area contributed by atoms with Gasteiger partial charge in [-0.2, -0.15) is 5.10 Å². The molecule has 2 aromatic heterocycles. The summed E-state index contributed by atoms with van der Waals surface area (Å²) in [6, 6.07) is 6.73. The number of nitrogens with one attached hydrogen (secondary N) is 3. The first-order valence-electron chi connectivity index (χ1n) is 6.68. The number of benzene rings is 1. The summed E-state index contributed by atoms with van der Waals surface area (Å²) in [6.45, 7) is 0. The molecule has 7 heteroatoms. The minimum Gasteiger partial charge on any atom is -0.408 e. The summed E-state index contributed by atoms with van der Waals surface area (Å²) < 4.78 is 4.91. The van der Waals surface area contributed by atoms with Gasteiger partial charge in [0.1, 0.15) is 0 Å². The van der Waals surface area contributed by atoms with Gasteiger partial charge in [-0.25, -0.2) is 4.79 Å². The van der Waals surface area contributed by atoms with Gasteiger partial charge in [0.25, 0.3) is 5.91 Å². The fourth-order valence-corrected chi connectivity index (χ4v) is 2.28. The Morgan fingerprint density at radius 2 is 2.19 bits per heavy atom. The largest absolute Gasteiger partial charge is 0.417 e. The third kappa shape index (κ3) is 2.22. The minimum atomic E-state index is -0.519. The van der Waals surface area contributed by atoms with Crippen molar-refractivity contribution in [2.75, 3.05) is 5.32 Å². The van der Waals surface area contributed by atoms with Crippen molar-refractivity contribution in [2.24, 2.45) is 0 Å². The van der Waals surface area contributed by atoms with E-state index >= 15 is 0 Å². The van der Waals surface area contributed by atoms with Crippen molar-refractivity contribution in [1.82, 2.24) is 15.2 Å². The number of H-pyrrole nitrogens is 2. The van der Waals surface area contributed by atoms with Gasteiger partial charge in [0.2, 0.25) is 0 Å². The van der Waals surface area contributed by atoms with Gasteiger partial charge in [0.05, 0.1) is 5.52 Å². The summed E-state index contributed by atoms with van der Waals surface area (Å²) in [6.07, 6.45) is 2.29. The van der Waals surface area contributed by atoms with Gasteiger partial charge in [0.15, 0.2) is 11.3 Å².